The topological polar surface area (TPSA) is 24.1 Å². The number of thiocarbonyl (C=S) groups is 1. The summed E-state index contributed by atoms with van der Waals surface area (Å²) in [7, 11) is 0. The van der Waals surface area contributed by atoms with Crippen LogP contribution >= 0.6 is 28.1 Å². The molecule has 2 rings (SSSR count). The monoisotopic (exact) mass is 348 g/mol. The Morgan fingerprint density at radius 3 is 2.45 bits per heavy atom. The molecule has 0 atom stereocenters. The Morgan fingerprint density at radius 1 is 1.10 bits per heavy atom. The average Bonchev–Trinajstić information content (AvgIpc) is 2.43. The third kappa shape index (κ3) is 3.81. The average molecular weight is 349 g/mol. The van der Waals surface area contributed by atoms with Crippen molar-refractivity contribution in [1.29, 1.82) is 0 Å². The van der Waals surface area contributed by atoms with Crippen molar-refractivity contribution in [3.63, 3.8) is 0 Å². The molecule has 2 aromatic rings. The van der Waals surface area contributed by atoms with Crippen molar-refractivity contribution >= 4 is 44.6 Å². The first-order valence-electron chi connectivity index (χ1n) is 6.52. The van der Waals surface area contributed by atoms with Crippen molar-refractivity contribution in [2.45, 2.75) is 20.3 Å². The van der Waals surface area contributed by atoms with Gasteiger partial charge in [0, 0.05) is 15.8 Å². The van der Waals surface area contributed by atoms with Crippen LogP contribution in [0.1, 0.15) is 18.1 Å². The minimum absolute atomic E-state index is 0.608. The van der Waals surface area contributed by atoms with Gasteiger partial charge < -0.3 is 10.6 Å². The maximum atomic E-state index is 5.38. The van der Waals surface area contributed by atoms with Crippen LogP contribution in [-0.4, -0.2) is 5.11 Å². The van der Waals surface area contributed by atoms with Crippen LogP contribution in [0.3, 0.4) is 0 Å². The fourth-order valence-electron chi connectivity index (χ4n) is 2.01. The van der Waals surface area contributed by atoms with Gasteiger partial charge in [-0.2, -0.15) is 0 Å². The summed E-state index contributed by atoms with van der Waals surface area (Å²) in [6, 6.07) is 14.2. The zero-order valence-electron chi connectivity index (χ0n) is 11.5. The van der Waals surface area contributed by atoms with E-state index in [1.54, 1.807) is 0 Å². The smallest absolute Gasteiger partial charge is 0.175 e. The molecule has 20 heavy (non-hydrogen) atoms. The third-order valence-corrected chi connectivity index (χ3v) is 3.81. The molecule has 0 spiro atoms. The molecule has 0 amide bonds. The summed E-state index contributed by atoms with van der Waals surface area (Å²) in [6.07, 6.45) is 0.977. The molecule has 4 heteroatoms. The van der Waals surface area contributed by atoms with Gasteiger partial charge >= 0.3 is 0 Å². The van der Waals surface area contributed by atoms with Gasteiger partial charge in [-0.3, -0.25) is 0 Å². The van der Waals surface area contributed by atoms with Crippen molar-refractivity contribution < 1.29 is 0 Å². The first-order chi connectivity index (χ1) is 9.60. The molecular formula is C16H17BrN2S. The predicted molar refractivity (Wildman–Crippen MR) is 94.5 cm³/mol. The maximum absolute atomic E-state index is 5.38. The first-order valence-corrected chi connectivity index (χ1v) is 7.72. The molecule has 2 aromatic carbocycles. The van der Waals surface area contributed by atoms with Gasteiger partial charge in [-0.15, -0.1) is 0 Å². The van der Waals surface area contributed by atoms with Crippen LogP contribution in [0.15, 0.2) is 46.9 Å². The summed E-state index contributed by atoms with van der Waals surface area (Å²) < 4.78 is 1.05. The van der Waals surface area contributed by atoms with E-state index in [-0.39, 0.29) is 0 Å². The lowest BCUT2D eigenvalue weighted by atomic mass is 10.1. The quantitative estimate of drug-likeness (QED) is 0.752. The summed E-state index contributed by atoms with van der Waals surface area (Å²) in [5.74, 6) is 0. The Hall–Kier alpha value is -1.39. The summed E-state index contributed by atoms with van der Waals surface area (Å²) in [5, 5.41) is 7.10. The van der Waals surface area contributed by atoms with Crippen LogP contribution in [0.4, 0.5) is 11.4 Å². The number of nitrogens with one attached hydrogen (secondary N) is 2. The lowest BCUT2D eigenvalue weighted by molar-refractivity contribution is 1.13. The van der Waals surface area contributed by atoms with E-state index in [4.69, 9.17) is 12.2 Å². The summed E-state index contributed by atoms with van der Waals surface area (Å²) >= 11 is 8.80. The summed E-state index contributed by atoms with van der Waals surface area (Å²) in [4.78, 5) is 0. The number of halogens is 1. The number of hydrogen-bond donors (Lipinski definition) is 2. The van der Waals surface area contributed by atoms with Gasteiger partial charge in [0.05, 0.1) is 0 Å². The van der Waals surface area contributed by atoms with E-state index in [0.717, 1.165) is 22.3 Å². The second-order valence-corrected chi connectivity index (χ2v) is 5.87. The van der Waals surface area contributed by atoms with E-state index in [0.29, 0.717) is 5.11 Å². The molecule has 0 saturated heterocycles. The zero-order valence-corrected chi connectivity index (χ0v) is 13.9. The van der Waals surface area contributed by atoms with E-state index in [9.17, 15) is 0 Å². The van der Waals surface area contributed by atoms with Crippen molar-refractivity contribution in [3.05, 3.63) is 58.1 Å². The van der Waals surface area contributed by atoms with E-state index in [1.165, 1.54) is 11.1 Å². The molecule has 0 saturated carbocycles. The summed E-state index contributed by atoms with van der Waals surface area (Å²) in [6.45, 7) is 4.23. The lowest BCUT2D eigenvalue weighted by Crippen LogP contribution is -2.20. The Bertz CT molecular complexity index is 608. The number of hydrogen-bond acceptors (Lipinski definition) is 1. The number of para-hydroxylation sites is 1. The SMILES string of the molecule is CCc1cccc(C)c1NC(=S)Nc1ccc(Br)cc1. The van der Waals surface area contributed by atoms with Crippen LogP contribution in [-0.2, 0) is 6.42 Å². The molecule has 0 fully saturated rings. The molecular weight excluding hydrogens is 332 g/mol. The Balaban J connectivity index is 2.10. The number of anilines is 2. The van der Waals surface area contributed by atoms with Gasteiger partial charge in [0.25, 0.3) is 0 Å². The van der Waals surface area contributed by atoms with Crippen LogP contribution in [0.5, 0.6) is 0 Å². The molecule has 0 heterocycles. The van der Waals surface area contributed by atoms with E-state index >= 15 is 0 Å². The van der Waals surface area contributed by atoms with Gasteiger partial charge in [0.15, 0.2) is 5.11 Å². The first kappa shape index (κ1) is 15.0. The second kappa shape index (κ2) is 6.86. The van der Waals surface area contributed by atoms with Crippen molar-refractivity contribution in [2.24, 2.45) is 0 Å². The normalized spacial score (nSPS) is 10.2. The molecule has 0 radical (unpaired) electrons. The highest BCUT2D eigenvalue weighted by molar-refractivity contribution is 9.10. The van der Waals surface area contributed by atoms with Gasteiger partial charge in [-0.05, 0) is 61.0 Å². The van der Waals surface area contributed by atoms with Crippen molar-refractivity contribution in [2.75, 3.05) is 10.6 Å². The van der Waals surface area contributed by atoms with Crippen LogP contribution in [0.25, 0.3) is 0 Å². The highest BCUT2D eigenvalue weighted by atomic mass is 79.9. The Labute approximate surface area is 133 Å². The third-order valence-electron chi connectivity index (χ3n) is 3.08. The standard InChI is InChI=1S/C16H17BrN2S/c1-3-12-6-4-5-11(2)15(12)19-16(20)18-14-9-7-13(17)8-10-14/h4-10H,3H2,1-2H3,(H2,18,19,20). The minimum atomic E-state index is 0.608. The molecule has 0 aromatic heterocycles. The van der Waals surface area contributed by atoms with Crippen LogP contribution < -0.4 is 10.6 Å². The van der Waals surface area contributed by atoms with Gasteiger partial charge in [-0.1, -0.05) is 41.1 Å². The molecule has 0 unspecified atom stereocenters. The minimum Gasteiger partial charge on any atom is -0.332 e. The second-order valence-electron chi connectivity index (χ2n) is 4.55. The molecule has 2 N–H and O–H groups in total. The van der Waals surface area contributed by atoms with Crippen LogP contribution in [0.2, 0.25) is 0 Å². The fourth-order valence-corrected chi connectivity index (χ4v) is 2.50. The van der Waals surface area contributed by atoms with E-state index in [1.807, 2.05) is 24.3 Å². The summed E-state index contributed by atoms with van der Waals surface area (Å²) in [5.41, 5.74) is 4.54. The number of aryl methyl sites for hydroxylation is 2. The molecule has 0 aliphatic rings. The highest BCUT2D eigenvalue weighted by Gasteiger charge is 2.06. The molecule has 0 aliphatic carbocycles. The Morgan fingerprint density at radius 2 is 1.80 bits per heavy atom. The van der Waals surface area contributed by atoms with E-state index < -0.39 is 0 Å². The highest BCUT2D eigenvalue weighted by Crippen LogP contribution is 2.21. The van der Waals surface area contributed by atoms with Crippen molar-refractivity contribution in [3.8, 4) is 0 Å². The maximum Gasteiger partial charge on any atom is 0.175 e. The molecule has 2 nitrogen and oxygen atoms in total. The molecule has 104 valence electrons. The van der Waals surface area contributed by atoms with Gasteiger partial charge in [0.2, 0.25) is 0 Å². The lowest BCUT2D eigenvalue weighted by Gasteiger charge is -2.15. The largest absolute Gasteiger partial charge is 0.332 e. The van der Waals surface area contributed by atoms with Crippen molar-refractivity contribution in [1.82, 2.24) is 0 Å². The predicted octanol–water partition coefficient (Wildman–Crippen LogP) is 5.13. The number of benzene rings is 2. The van der Waals surface area contributed by atoms with E-state index in [2.05, 4.69) is 58.6 Å². The molecule has 0 bridgehead atoms. The fraction of sp³-hybridized carbons (Fsp3) is 0.188. The molecule has 0 aliphatic heterocycles. The van der Waals surface area contributed by atoms with Crippen LogP contribution in [0, 0.1) is 6.92 Å². The van der Waals surface area contributed by atoms with Gasteiger partial charge in [0.1, 0.15) is 0 Å². The zero-order chi connectivity index (χ0) is 14.5. The Kier molecular flexibility index (Phi) is 5.15. The number of rotatable bonds is 3. The van der Waals surface area contributed by atoms with Gasteiger partial charge in [-0.25, -0.2) is 0 Å².